The first kappa shape index (κ1) is 28.0. The summed E-state index contributed by atoms with van der Waals surface area (Å²) in [5.41, 5.74) is 1.00. The van der Waals surface area contributed by atoms with Crippen molar-refractivity contribution in [2.45, 2.75) is 76.3 Å². The van der Waals surface area contributed by atoms with Gasteiger partial charge in [-0.2, -0.15) is 0 Å². The molecule has 1 aliphatic carbocycles. The van der Waals surface area contributed by atoms with E-state index in [-0.39, 0.29) is 23.6 Å². The summed E-state index contributed by atoms with van der Waals surface area (Å²) in [6.45, 7) is 7.50. The summed E-state index contributed by atoms with van der Waals surface area (Å²) < 4.78 is 14.3. The van der Waals surface area contributed by atoms with Crippen molar-refractivity contribution in [1.29, 1.82) is 0 Å². The van der Waals surface area contributed by atoms with Crippen LogP contribution >= 0.6 is 0 Å². The summed E-state index contributed by atoms with van der Waals surface area (Å²) in [5.74, 6) is 0.532. The highest BCUT2D eigenvalue weighted by molar-refractivity contribution is 5.74. The molecule has 5 rings (SSSR count). The topological polar surface area (TPSA) is 72.8 Å². The molecule has 212 valence electrons. The number of carboxylic acid groups (broad SMARTS) is 1. The molecular formula is C31H44FN5O2. The molecule has 7 nitrogen and oxygen atoms in total. The second kappa shape index (κ2) is 13.2. The quantitative estimate of drug-likeness (QED) is 0.455. The number of carbonyl (C=O) groups is 1. The summed E-state index contributed by atoms with van der Waals surface area (Å²) in [4.78, 5) is 28.7. The molecule has 1 aromatic heterocycles. The van der Waals surface area contributed by atoms with Crippen molar-refractivity contribution in [1.82, 2.24) is 19.8 Å². The number of aromatic nitrogens is 2. The van der Waals surface area contributed by atoms with Gasteiger partial charge in [-0.15, -0.1) is 0 Å². The summed E-state index contributed by atoms with van der Waals surface area (Å²) >= 11 is 0. The van der Waals surface area contributed by atoms with Crippen molar-refractivity contribution in [3.63, 3.8) is 0 Å². The maximum atomic E-state index is 14.3. The second-order valence-electron chi connectivity index (χ2n) is 11.8. The van der Waals surface area contributed by atoms with Crippen LogP contribution in [0.25, 0.3) is 0 Å². The van der Waals surface area contributed by atoms with E-state index in [1.165, 1.54) is 12.5 Å². The molecule has 0 unspecified atom stereocenters. The van der Waals surface area contributed by atoms with Gasteiger partial charge in [-0.25, -0.2) is 14.4 Å². The van der Waals surface area contributed by atoms with Gasteiger partial charge < -0.3 is 14.9 Å². The standard InChI is InChI=1S/C31H44FN5O2/c1-2-16-37(31-33-14-7-15-34-31)27-12-17-35(18-13-27)20-25-21-36(22-28(25)24-10-6-11-26(32)19-24)29(30(38)39)23-8-4-3-5-9-23/h6-7,10-11,14-15,19,23,25,27-29H,2-5,8-9,12-13,16-18,20-22H2,1H3,(H,38,39)/t25-,28+,29+/m0/s1. The van der Waals surface area contributed by atoms with E-state index in [0.29, 0.717) is 12.6 Å². The van der Waals surface area contributed by atoms with Gasteiger partial charge in [0.05, 0.1) is 0 Å². The van der Waals surface area contributed by atoms with E-state index in [9.17, 15) is 14.3 Å². The molecular weight excluding hydrogens is 493 g/mol. The van der Waals surface area contributed by atoms with Crippen LogP contribution in [-0.4, -0.2) is 82.2 Å². The third-order valence-corrected chi connectivity index (χ3v) is 9.25. The monoisotopic (exact) mass is 537 g/mol. The fourth-order valence-corrected chi connectivity index (χ4v) is 7.41. The van der Waals surface area contributed by atoms with Crippen LogP contribution in [0.4, 0.5) is 10.3 Å². The number of likely N-dealkylation sites (tertiary alicyclic amines) is 2. The fraction of sp³-hybridized carbons (Fsp3) is 0.645. The van der Waals surface area contributed by atoms with Crippen LogP contribution in [-0.2, 0) is 4.79 Å². The summed E-state index contributed by atoms with van der Waals surface area (Å²) in [6.07, 6.45) is 12.2. The minimum atomic E-state index is -0.694. The SMILES string of the molecule is CCCN(c1ncccn1)C1CCN(C[C@H]2CN([C@@H](C(=O)O)C3CCCCC3)C[C@@H]2c2cccc(F)c2)CC1. The highest BCUT2D eigenvalue weighted by atomic mass is 19.1. The normalized spacial score (nSPS) is 24.6. The third kappa shape index (κ3) is 6.77. The van der Waals surface area contributed by atoms with E-state index < -0.39 is 12.0 Å². The van der Waals surface area contributed by atoms with Crippen molar-refractivity contribution in [2.75, 3.05) is 44.2 Å². The lowest BCUT2D eigenvalue weighted by molar-refractivity contribution is -0.145. The van der Waals surface area contributed by atoms with Gasteiger partial charge >= 0.3 is 5.97 Å². The molecule has 0 bridgehead atoms. The molecule has 8 heteroatoms. The van der Waals surface area contributed by atoms with E-state index in [2.05, 4.69) is 31.6 Å². The molecule has 1 N–H and O–H groups in total. The Labute approximate surface area is 232 Å². The molecule has 39 heavy (non-hydrogen) atoms. The van der Waals surface area contributed by atoms with Crippen molar-refractivity contribution in [2.24, 2.45) is 11.8 Å². The third-order valence-electron chi connectivity index (χ3n) is 9.25. The summed E-state index contributed by atoms with van der Waals surface area (Å²) in [6, 6.07) is 8.81. The summed E-state index contributed by atoms with van der Waals surface area (Å²) in [5, 5.41) is 10.3. The van der Waals surface area contributed by atoms with E-state index in [1.54, 1.807) is 12.1 Å². The Hall–Kier alpha value is -2.58. The van der Waals surface area contributed by atoms with E-state index >= 15 is 0 Å². The molecule has 0 radical (unpaired) electrons. The Bertz CT molecular complexity index is 1060. The molecule has 3 heterocycles. The zero-order valence-corrected chi connectivity index (χ0v) is 23.3. The van der Waals surface area contributed by atoms with Crippen LogP contribution in [0.5, 0.6) is 0 Å². The fourth-order valence-electron chi connectivity index (χ4n) is 7.41. The van der Waals surface area contributed by atoms with Crippen LogP contribution in [0.1, 0.15) is 69.8 Å². The minimum Gasteiger partial charge on any atom is -0.480 e. The van der Waals surface area contributed by atoms with E-state index in [0.717, 1.165) is 89.2 Å². The predicted molar refractivity (Wildman–Crippen MR) is 151 cm³/mol. The van der Waals surface area contributed by atoms with Gasteiger partial charge in [0.25, 0.3) is 0 Å². The number of carboxylic acids is 1. The lowest BCUT2D eigenvalue weighted by Gasteiger charge is -2.39. The Morgan fingerprint density at radius 1 is 1.08 bits per heavy atom. The number of benzene rings is 1. The molecule has 1 aromatic carbocycles. The smallest absolute Gasteiger partial charge is 0.321 e. The Morgan fingerprint density at radius 2 is 1.82 bits per heavy atom. The summed E-state index contributed by atoms with van der Waals surface area (Å²) in [7, 11) is 0. The van der Waals surface area contributed by atoms with Crippen molar-refractivity contribution in [3.8, 4) is 0 Å². The minimum absolute atomic E-state index is 0.137. The lowest BCUT2D eigenvalue weighted by Crippen LogP contribution is -2.48. The van der Waals surface area contributed by atoms with Gasteiger partial charge in [-0.3, -0.25) is 9.69 Å². The largest absolute Gasteiger partial charge is 0.480 e. The average molecular weight is 538 g/mol. The van der Waals surface area contributed by atoms with Crippen LogP contribution in [0, 0.1) is 17.7 Å². The molecule has 0 amide bonds. The first-order valence-electron chi connectivity index (χ1n) is 15.0. The number of rotatable bonds is 10. The van der Waals surface area contributed by atoms with Crippen LogP contribution in [0.2, 0.25) is 0 Å². The zero-order valence-electron chi connectivity index (χ0n) is 23.3. The highest BCUT2D eigenvalue weighted by Crippen LogP contribution is 2.39. The molecule has 3 aliphatic rings. The first-order valence-corrected chi connectivity index (χ1v) is 15.0. The Morgan fingerprint density at radius 3 is 2.49 bits per heavy atom. The van der Waals surface area contributed by atoms with Crippen LogP contribution in [0.3, 0.4) is 0 Å². The number of anilines is 1. The molecule has 1 saturated carbocycles. The number of aliphatic carboxylic acids is 1. The Balaban J connectivity index is 1.28. The maximum Gasteiger partial charge on any atom is 0.321 e. The number of hydrogen-bond donors (Lipinski definition) is 1. The van der Waals surface area contributed by atoms with Crippen molar-refractivity contribution in [3.05, 3.63) is 54.1 Å². The van der Waals surface area contributed by atoms with Gasteiger partial charge in [0, 0.05) is 63.6 Å². The number of halogens is 1. The van der Waals surface area contributed by atoms with Gasteiger partial charge in [0.2, 0.25) is 5.95 Å². The van der Waals surface area contributed by atoms with Crippen LogP contribution < -0.4 is 4.90 Å². The molecule has 3 atom stereocenters. The van der Waals surface area contributed by atoms with Crippen molar-refractivity contribution < 1.29 is 14.3 Å². The van der Waals surface area contributed by atoms with E-state index in [1.807, 2.05) is 24.5 Å². The molecule has 3 fully saturated rings. The van der Waals surface area contributed by atoms with Crippen molar-refractivity contribution >= 4 is 11.9 Å². The second-order valence-corrected chi connectivity index (χ2v) is 11.8. The Kier molecular flexibility index (Phi) is 9.45. The van der Waals surface area contributed by atoms with Gasteiger partial charge in [0.1, 0.15) is 11.9 Å². The first-order chi connectivity index (χ1) is 19.0. The van der Waals surface area contributed by atoms with Gasteiger partial charge in [-0.05, 0) is 67.7 Å². The number of hydrogen-bond acceptors (Lipinski definition) is 6. The zero-order chi connectivity index (χ0) is 27.2. The lowest BCUT2D eigenvalue weighted by atomic mass is 9.83. The van der Waals surface area contributed by atoms with Gasteiger partial charge in [0.15, 0.2) is 0 Å². The maximum absolute atomic E-state index is 14.3. The number of piperidine rings is 1. The average Bonchev–Trinajstić information content (AvgIpc) is 3.36. The van der Waals surface area contributed by atoms with Gasteiger partial charge in [-0.1, -0.05) is 38.3 Å². The predicted octanol–water partition coefficient (Wildman–Crippen LogP) is 5.05. The molecule has 0 spiro atoms. The number of nitrogens with zero attached hydrogens (tertiary/aromatic N) is 5. The highest BCUT2D eigenvalue weighted by Gasteiger charge is 2.43. The molecule has 2 aromatic rings. The molecule has 2 saturated heterocycles. The molecule has 2 aliphatic heterocycles. The van der Waals surface area contributed by atoms with E-state index in [4.69, 9.17) is 0 Å². The van der Waals surface area contributed by atoms with Crippen LogP contribution in [0.15, 0.2) is 42.7 Å².